The number of hydrogen-bond donors (Lipinski definition) is 1. The number of benzene rings is 1. The lowest BCUT2D eigenvalue weighted by Crippen LogP contribution is -2.44. The zero-order valence-electron chi connectivity index (χ0n) is 11.0. The van der Waals surface area contributed by atoms with E-state index in [4.69, 9.17) is 0 Å². The Labute approximate surface area is 117 Å². The molecule has 0 aliphatic carbocycles. The first-order valence-corrected chi connectivity index (χ1v) is 7.80. The zero-order chi connectivity index (χ0) is 14.8. The lowest BCUT2D eigenvalue weighted by atomic mass is 10.2. The maximum absolute atomic E-state index is 13.0. The number of aliphatic hydroxyl groups is 1. The van der Waals surface area contributed by atoms with Crippen molar-refractivity contribution in [3.63, 3.8) is 0 Å². The molecule has 1 heterocycles. The van der Waals surface area contributed by atoms with Crippen molar-refractivity contribution >= 4 is 15.9 Å². The molecule has 0 saturated carbocycles. The summed E-state index contributed by atoms with van der Waals surface area (Å²) in [6.45, 7) is 0.300. The maximum Gasteiger partial charge on any atom is 0.179 e. The molecular weight excluding hydrogens is 281 g/mol. The summed E-state index contributed by atoms with van der Waals surface area (Å²) in [5.41, 5.74) is 0.623. The number of rotatable bonds is 2. The molecule has 1 aromatic rings. The van der Waals surface area contributed by atoms with Crippen molar-refractivity contribution in [2.24, 2.45) is 0 Å². The molecule has 2 rings (SSSR count). The Balaban J connectivity index is 2.25. The minimum absolute atomic E-state index is 0.0137. The van der Waals surface area contributed by atoms with Gasteiger partial charge in [0.1, 0.15) is 12.0 Å². The normalized spacial score (nSPS) is 25.4. The topological polar surface area (TPSA) is 57.6 Å². The van der Waals surface area contributed by atoms with Gasteiger partial charge in [0.05, 0.1) is 10.7 Å². The van der Waals surface area contributed by atoms with Gasteiger partial charge in [0, 0.05) is 6.54 Å². The molecule has 1 atom stereocenters. The van der Waals surface area contributed by atoms with E-state index in [-0.39, 0.29) is 16.5 Å². The van der Waals surface area contributed by atoms with Crippen LogP contribution in [0.15, 0.2) is 41.3 Å². The van der Waals surface area contributed by atoms with Crippen molar-refractivity contribution in [1.82, 2.24) is 4.90 Å². The van der Waals surface area contributed by atoms with E-state index in [1.807, 2.05) is 0 Å². The lowest BCUT2D eigenvalue weighted by Gasteiger charge is -2.30. The maximum atomic E-state index is 13.0. The van der Waals surface area contributed by atoms with Crippen LogP contribution < -0.4 is 0 Å². The highest BCUT2D eigenvalue weighted by Crippen LogP contribution is 2.21. The molecular formula is C14H16FNO3S. The number of aliphatic hydroxyl groups excluding tert-OH is 1. The van der Waals surface area contributed by atoms with Gasteiger partial charge < -0.3 is 5.11 Å². The number of likely N-dealkylation sites (N-methyl/N-ethyl adjacent to an activating group) is 1. The highest BCUT2D eigenvalue weighted by molar-refractivity contribution is 7.95. The lowest BCUT2D eigenvalue weighted by molar-refractivity contribution is 0.0592. The van der Waals surface area contributed by atoms with Gasteiger partial charge in [0.15, 0.2) is 9.84 Å². The number of halogens is 1. The minimum Gasteiger partial charge on any atom is -0.373 e. The monoisotopic (exact) mass is 297 g/mol. The molecule has 0 radical (unpaired) electrons. The highest BCUT2D eigenvalue weighted by atomic mass is 32.2. The van der Waals surface area contributed by atoms with Crippen LogP contribution in [0.1, 0.15) is 5.56 Å². The Morgan fingerprint density at radius 3 is 2.90 bits per heavy atom. The Morgan fingerprint density at radius 1 is 1.45 bits per heavy atom. The molecule has 6 heteroatoms. The first-order chi connectivity index (χ1) is 9.40. The molecule has 108 valence electrons. The van der Waals surface area contributed by atoms with E-state index >= 15 is 0 Å². The average molecular weight is 297 g/mol. The summed E-state index contributed by atoms with van der Waals surface area (Å²) in [5.74, 6) is -0.370. The summed E-state index contributed by atoms with van der Waals surface area (Å²) >= 11 is 0. The van der Waals surface area contributed by atoms with E-state index in [1.54, 1.807) is 30.2 Å². The van der Waals surface area contributed by atoms with Gasteiger partial charge in [-0.3, -0.25) is 4.90 Å². The summed E-state index contributed by atoms with van der Waals surface area (Å²) in [4.78, 5) is 1.53. The SMILES string of the molecule is CN1CCS(=O)(=O)/C(=C/C=C/c2cccc(F)c2)C1O. The van der Waals surface area contributed by atoms with Crippen LogP contribution in [-0.4, -0.2) is 44.0 Å². The first-order valence-electron chi connectivity index (χ1n) is 6.15. The Hall–Kier alpha value is -1.50. The van der Waals surface area contributed by atoms with Crippen LogP contribution in [0, 0.1) is 5.82 Å². The second kappa shape index (κ2) is 5.87. The summed E-state index contributed by atoms with van der Waals surface area (Å²) < 4.78 is 36.8. The van der Waals surface area contributed by atoms with Crippen molar-refractivity contribution < 1.29 is 17.9 Å². The Kier molecular flexibility index (Phi) is 4.37. The predicted molar refractivity (Wildman–Crippen MR) is 75.9 cm³/mol. The van der Waals surface area contributed by atoms with Crippen molar-refractivity contribution in [3.8, 4) is 0 Å². The van der Waals surface area contributed by atoms with Crippen molar-refractivity contribution in [3.05, 3.63) is 52.7 Å². The van der Waals surface area contributed by atoms with Gasteiger partial charge in [-0.15, -0.1) is 0 Å². The van der Waals surface area contributed by atoms with E-state index in [1.165, 1.54) is 24.3 Å². The summed E-state index contributed by atoms with van der Waals surface area (Å²) in [6.07, 6.45) is 3.32. The molecule has 1 aliphatic heterocycles. The summed E-state index contributed by atoms with van der Waals surface area (Å²) in [5, 5.41) is 9.90. The molecule has 1 N–H and O–H groups in total. The van der Waals surface area contributed by atoms with Gasteiger partial charge in [-0.25, -0.2) is 12.8 Å². The molecule has 1 unspecified atom stereocenters. The molecule has 1 aliphatic rings. The molecule has 1 saturated heterocycles. The summed E-state index contributed by atoms with van der Waals surface area (Å²) in [7, 11) is -1.77. The molecule has 1 fully saturated rings. The molecule has 1 aromatic carbocycles. The fourth-order valence-electron chi connectivity index (χ4n) is 1.94. The fraction of sp³-hybridized carbons (Fsp3) is 0.286. The molecule has 0 spiro atoms. The standard InChI is InChI=1S/C14H16FNO3S/c1-16-8-9-20(18,19)13(14(16)17)7-3-5-11-4-2-6-12(15)10-11/h2-7,10,14,17H,8-9H2,1H3/b5-3+,13-7+. The Morgan fingerprint density at radius 2 is 2.20 bits per heavy atom. The van der Waals surface area contributed by atoms with Gasteiger partial charge in [0.25, 0.3) is 0 Å². The van der Waals surface area contributed by atoms with Gasteiger partial charge in [-0.05, 0) is 30.8 Å². The van der Waals surface area contributed by atoms with Crippen LogP contribution in [0.25, 0.3) is 6.08 Å². The molecule has 0 bridgehead atoms. The molecule has 4 nitrogen and oxygen atoms in total. The molecule has 0 aromatic heterocycles. The fourth-order valence-corrected chi connectivity index (χ4v) is 3.49. The van der Waals surface area contributed by atoms with Crippen LogP contribution in [0.5, 0.6) is 0 Å². The third kappa shape index (κ3) is 3.33. The minimum atomic E-state index is -3.42. The van der Waals surface area contributed by atoms with Crippen molar-refractivity contribution in [2.75, 3.05) is 19.3 Å². The average Bonchev–Trinajstić information content (AvgIpc) is 2.39. The van der Waals surface area contributed by atoms with E-state index in [9.17, 15) is 17.9 Å². The van der Waals surface area contributed by atoms with E-state index in [2.05, 4.69) is 0 Å². The van der Waals surface area contributed by atoms with Crippen LogP contribution in [0.2, 0.25) is 0 Å². The van der Waals surface area contributed by atoms with E-state index < -0.39 is 16.1 Å². The smallest absolute Gasteiger partial charge is 0.179 e. The van der Waals surface area contributed by atoms with Gasteiger partial charge >= 0.3 is 0 Å². The van der Waals surface area contributed by atoms with Gasteiger partial charge in [0.2, 0.25) is 0 Å². The Bertz CT molecular complexity index is 652. The van der Waals surface area contributed by atoms with Crippen LogP contribution in [0.3, 0.4) is 0 Å². The zero-order valence-corrected chi connectivity index (χ0v) is 11.8. The van der Waals surface area contributed by atoms with E-state index in [0.717, 1.165) is 0 Å². The second-order valence-electron chi connectivity index (χ2n) is 4.66. The third-order valence-corrected chi connectivity index (χ3v) is 4.93. The second-order valence-corrected chi connectivity index (χ2v) is 6.77. The van der Waals surface area contributed by atoms with Gasteiger partial charge in [-0.1, -0.05) is 24.3 Å². The van der Waals surface area contributed by atoms with Crippen molar-refractivity contribution in [1.29, 1.82) is 0 Å². The van der Waals surface area contributed by atoms with Crippen molar-refractivity contribution in [2.45, 2.75) is 6.23 Å². The third-order valence-electron chi connectivity index (χ3n) is 3.14. The van der Waals surface area contributed by atoms with E-state index in [0.29, 0.717) is 12.1 Å². The van der Waals surface area contributed by atoms with Crippen LogP contribution >= 0.6 is 0 Å². The van der Waals surface area contributed by atoms with Gasteiger partial charge in [-0.2, -0.15) is 0 Å². The molecule has 20 heavy (non-hydrogen) atoms. The van der Waals surface area contributed by atoms with Crippen LogP contribution in [-0.2, 0) is 9.84 Å². The largest absolute Gasteiger partial charge is 0.373 e. The predicted octanol–water partition coefficient (Wildman–Crippen LogP) is 1.40. The number of hydrogen-bond acceptors (Lipinski definition) is 4. The number of allylic oxidation sites excluding steroid dienone is 2. The number of nitrogens with zero attached hydrogens (tertiary/aromatic N) is 1. The first kappa shape index (κ1) is 14.9. The summed E-state index contributed by atoms with van der Waals surface area (Å²) in [6, 6.07) is 5.95. The quantitative estimate of drug-likeness (QED) is 0.896. The molecule has 0 amide bonds. The highest BCUT2D eigenvalue weighted by Gasteiger charge is 2.32. The van der Waals surface area contributed by atoms with Crippen LogP contribution in [0.4, 0.5) is 4.39 Å². The number of sulfone groups is 1.